The molecule has 0 amide bonds. The minimum atomic E-state index is -0.946. The van der Waals surface area contributed by atoms with Crippen LogP contribution in [0.25, 0.3) is 0 Å². The second-order valence-corrected chi connectivity index (χ2v) is 5.37. The zero-order valence-corrected chi connectivity index (χ0v) is 12.0. The Morgan fingerprint density at radius 3 is 2.20 bits per heavy atom. The van der Waals surface area contributed by atoms with Crippen LogP contribution in [0.2, 0.25) is 0 Å². The van der Waals surface area contributed by atoms with Crippen molar-refractivity contribution in [3.05, 3.63) is 69.4 Å². The van der Waals surface area contributed by atoms with Crippen LogP contribution in [0.3, 0.4) is 0 Å². The number of aliphatic hydroxyl groups excluding tert-OH is 1. The topological polar surface area (TPSA) is 20.2 Å². The van der Waals surface area contributed by atoms with Gasteiger partial charge in [0.25, 0.3) is 0 Å². The van der Waals surface area contributed by atoms with Crippen LogP contribution in [0.15, 0.2) is 40.9 Å². The minimum absolute atomic E-state index is 0.131. The van der Waals surface area contributed by atoms with Crippen LogP contribution in [-0.4, -0.2) is 11.2 Å². The van der Waals surface area contributed by atoms with Gasteiger partial charge in [-0.2, -0.15) is 0 Å². The molecule has 1 unspecified atom stereocenters. The summed E-state index contributed by atoms with van der Waals surface area (Å²) in [6.45, 7) is 0. The van der Waals surface area contributed by atoms with Crippen LogP contribution in [0.5, 0.6) is 0 Å². The van der Waals surface area contributed by atoms with Crippen molar-refractivity contribution in [2.24, 2.45) is 0 Å². The van der Waals surface area contributed by atoms with Crippen LogP contribution < -0.4 is 0 Å². The summed E-state index contributed by atoms with van der Waals surface area (Å²) in [5, 5.41) is 9.92. The van der Waals surface area contributed by atoms with E-state index in [-0.39, 0.29) is 18.4 Å². The summed E-state index contributed by atoms with van der Waals surface area (Å²) in [4.78, 5) is 0. The van der Waals surface area contributed by atoms with Crippen molar-refractivity contribution >= 4 is 15.9 Å². The van der Waals surface area contributed by atoms with E-state index in [1.54, 1.807) is 0 Å². The zero-order chi connectivity index (χ0) is 14.7. The third-order valence-corrected chi connectivity index (χ3v) is 3.56. The fourth-order valence-corrected chi connectivity index (χ4v) is 2.40. The van der Waals surface area contributed by atoms with Crippen molar-refractivity contribution in [2.45, 2.75) is 18.9 Å². The molecule has 2 rings (SSSR count). The predicted molar refractivity (Wildman–Crippen MR) is 73.9 cm³/mol. The average molecular weight is 345 g/mol. The molecule has 0 aliphatic rings. The lowest BCUT2D eigenvalue weighted by Gasteiger charge is -2.12. The van der Waals surface area contributed by atoms with Gasteiger partial charge >= 0.3 is 0 Å². The van der Waals surface area contributed by atoms with Gasteiger partial charge in [-0.25, -0.2) is 13.2 Å². The number of benzene rings is 2. The molecule has 0 spiro atoms. The van der Waals surface area contributed by atoms with E-state index in [2.05, 4.69) is 15.9 Å². The molecule has 0 fully saturated rings. The molecule has 0 saturated heterocycles. The fraction of sp³-hybridized carbons (Fsp3) is 0.200. The van der Waals surface area contributed by atoms with Gasteiger partial charge < -0.3 is 5.11 Å². The molecular weight excluding hydrogens is 333 g/mol. The molecule has 2 aromatic rings. The highest BCUT2D eigenvalue weighted by Crippen LogP contribution is 2.20. The van der Waals surface area contributed by atoms with Crippen molar-refractivity contribution in [1.82, 2.24) is 0 Å². The van der Waals surface area contributed by atoms with E-state index in [9.17, 15) is 18.3 Å². The maximum Gasteiger partial charge on any atom is 0.137 e. The molecule has 0 bridgehead atoms. The van der Waals surface area contributed by atoms with Crippen LogP contribution >= 0.6 is 15.9 Å². The Morgan fingerprint density at radius 1 is 0.950 bits per heavy atom. The lowest BCUT2D eigenvalue weighted by Crippen LogP contribution is -2.16. The third kappa shape index (κ3) is 3.61. The van der Waals surface area contributed by atoms with Gasteiger partial charge in [-0.15, -0.1) is 0 Å². The van der Waals surface area contributed by atoms with E-state index in [0.29, 0.717) is 10.0 Å². The minimum Gasteiger partial charge on any atom is -0.392 e. The van der Waals surface area contributed by atoms with E-state index in [0.717, 1.165) is 12.1 Å². The maximum absolute atomic E-state index is 13.5. The smallest absolute Gasteiger partial charge is 0.137 e. The molecule has 0 heterocycles. The highest BCUT2D eigenvalue weighted by molar-refractivity contribution is 9.10. The average Bonchev–Trinajstić information content (AvgIpc) is 2.38. The lowest BCUT2D eigenvalue weighted by molar-refractivity contribution is 0.172. The molecule has 20 heavy (non-hydrogen) atoms. The Hall–Kier alpha value is -1.33. The first-order chi connectivity index (χ1) is 9.47. The second-order valence-electron chi connectivity index (χ2n) is 4.51. The van der Waals surface area contributed by atoms with E-state index >= 15 is 0 Å². The fourth-order valence-electron chi connectivity index (χ4n) is 1.97. The quantitative estimate of drug-likeness (QED) is 0.888. The summed E-state index contributed by atoms with van der Waals surface area (Å²) in [6.07, 6.45) is -0.890. The van der Waals surface area contributed by atoms with Gasteiger partial charge in [-0.05, 0) is 52.2 Å². The van der Waals surface area contributed by atoms with Gasteiger partial charge in [0, 0.05) is 12.0 Å². The van der Waals surface area contributed by atoms with E-state index in [1.165, 1.54) is 24.3 Å². The second kappa shape index (κ2) is 6.41. The van der Waals surface area contributed by atoms with Gasteiger partial charge in [0.2, 0.25) is 0 Å². The number of rotatable bonds is 4. The highest BCUT2D eigenvalue weighted by Gasteiger charge is 2.14. The predicted octanol–water partition coefficient (Wildman–Crippen LogP) is 4.01. The van der Waals surface area contributed by atoms with Crippen LogP contribution in [-0.2, 0) is 12.8 Å². The standard InChI is InChI=1S/C15H12BrF3O/c16-12-7-9(4-5-15(12)19)6-10(20)8-11-13(17)2-1-3-14(11)18/h1-5,7,10,20H,6,8H2. The van der Waals surface area contributed by atoms with E-state index in [1.807, 2.05) is 0 Å². The number of hydrogen-bond acceptors (Lipinski definition) is 1. The van der Waals surface area contributed by atoms with E-state index in [4.69, 9.17) is 0 Å². The van der Waals surface area contributed by atoms with Crippen molar-refractivity contribution in [3.8, 4) is 0 Å². The molecule has 1 atom stereocenters. The molecule has 0 radical (unpaired) electrons. The van der Waals surface area contributed by atoms with Crippen molar-refractivity contribution in [2.75, 3.05) is 0 Å². The maximum atomic E-state index is 13.5. The monoisotopic (exact) mass is 344 g/mol. The van der Waals surface area contributed by atoms with Crippen LogP contribution in [0.1, 0.15) is 11.1 Å². The Labute approximate surface area is 123 Å². The molecule has 1 nitrogen and oxygen atoms in total. The van der Waals surface area contributed by atoms with Gasteiger partial charge in [0.05, 0.1) is 10.6 Å². The summed E-state index contributed by atoms with van der Waals surface area (Å²) in [5.41, 5.74) is 0.545. The summed E-state index contributed by atoms with van der Waals surface area (Å²) >= 11 is 3.05. The summed E-state index contributed by atoms with van der Waals surface area (Å²) < 4.78 is 40.3. The zero-order valence-electron chi connectivity index (χ0n) is 10.4. The van der Waals surface area contributed by atoms with Crippen molar-refractivity contribution in [3.63, 3.8) is 0 Å². The normalized spacial score (nSPS) is 12.4. The van der Waals surface area contributed by atoms with Gasteiger partial charge in [0.1, 0.15) is 17.5 Å². The van der Waals surface area contributed by atoms with Crippen LogP contribution in [0, 0.1) is 17.5 Å². The van der Waals surface area contributed by atoms with Gasteiger partial charge in [-0.3, -0.25) is 0 Å². The van der Waals surface area contributed by atoms with Crippen molar-refractivity contribution < 1.29 is 18.3 Å². The molecule has 2 aromatic carbocycles. The summed E-state index contributed by atoms with van der Waals surface area (Å²) in [6, 6.07) is 7.92. The van der Waals surface area contributed by atoms with Crippen molar-refractivity contribution in [1.29, 1.82) is 0 Å². The Balaban J connectivity index is 2.09. The number of hydrogen-bond donors (Lipinski definition) is 1. The molecule has 106 valence electrons. The first kappa shape index (κ1) is 15.1. The molecule has 0 aliphatic carbocycles. The molecule has 1 N–H and O–H groups in total. The molecule has 0 saturated carbocycles. The first-order valence-corrected chi connectivity index (χ1v) is 6.81. The van der Waals surface area contributed by atoms with E-state index < -0.39 is 23.6 Å². The molecule has 0 aromatic heterocycles. The third-order valence-electron chi connectivity index (χ3n) is 2.96. The van der Waals surface area contributed by atoms with Crippen LogP contribution in [0.4, 0.5) is 13.2 Å². The Morgan fingerprint density at radius 2 is 1.60 bits per heavy atom. The number of halogens is 4. The Bertz CT molecular complexity index is 596. The molecular formula is C15H12BrF3O. The first-order valence-electron chi connectivity index (χ1n) is 6.02. The molecule has 5 heteroatoms. The van der Waals surface area contributed by atoms with Gasteiger partial charge in [0.15, 0.2) is 0 Å². The Kier molecular flexibility index (Phi) is 4.83. The summed E-state index contributed by atoms with van der Waals surface area (Å²) in [5.74, 6) is -1.75. The largest absolute Gasteiger partial charge is 0.392 e. The lowest BCUT2D eigenvalue weighted by atomic mass is 10.0. The highest BCUT2D eigenvalue weighted by atomic mass is 79.9. The molecule has 0 aliphatic heterocycles. The number of aliphatic hydroxyl groups is 1. The summed E-state index contributed by atoms with van der Waals surface area (Å²) in [7, 11) is 0. The van der Waals surface area contributed by atoms with Gasteiger partial charge in [-0.1, -0.05) is 12.1 Å². The SMILES string of the molecule is OC(Cc1ccc(F)c(Br)c1)Cc1c(F)cccc1F.